The van der Waals surface area contributed by atoms with E-state index in [-0.39, 0.29) is 11.5 Å². The third-order valence-corrected chi connectivity index (χ3v) is 3.39. The first-order valence-electron chi connectivity index (χ1n) is 5.95. The van der Waals surface area contributed by atoms with Gasteiger partial charge >= 0.3 is 5.97 Å². The highest BCUT2D eigenvalue weighted by molar-refractivity contribution is 5.73. The standard InChI is InChI=1S/C12H23NO2/c1-9(2)10(11(14)15)13-12(3)7-5-4-6-8-12/h9-10,13H,4-8H2,1-3H3,(H,14,15). The summed E-state index contributed by atoms with van der Waals surface area (Å²) < 4.78 is 0. The first-order valence-corrected chi connectivity index (χ1v) is 5.95. The van der Waals surface area contributed by atoms with E-state index in [0.717, 1.165) is 12.8 Å². The van der Waals surface area contributed by atoms with Crippen LogP contribution in [-0.4, -0.2) is 22.7 Å². The van der Waals surface area contributed by atoms with Crippen LogP contribution in [0.4, 0.5) is 0 Å². The second-order valence-corrected chi connectivity index (χ2v) is 5.33. The van der Waals surface area contributed by atoms with E-state index >= 15 is 0 Å². The first kappa shape index (κ1) is 12.5. The fourth-order valence-corrected chi connectivity index (χ4v) is 2.37. The van der Waals surface area contributed by atoms with Gasteiger partial charge in [-0.15, -0.1) is 0 Å². The van der Waals surface area contributed by atoms with Crippen LogP contribution in [0, 0.1) is 5.92 Å². The molecule has 1 aliphatic rings. The lowest BCUT2D eigenvalue weighted by molar-refractivity contribution is -0.141. The Morgan fingerprint density at radius 3 is 2.20 bits per heavy atom. The van der Waals surface area contributed by atoms with Crippen molar-refractivity contribution in [1.29, 1.82) is 0 Å². The smallest absolute Gasteiger partial charge is 0.320 e. The highest BCUT2D eigenvalue weighted by atomic mass is 16.4. The van der Waals surface area contributed by atoms with E-state index in [4.69, 9.17) is 5.11 Å². The van der Waals surface area contributed by atoms with Crippen LogP contribution in [0.1, 0.15) is 52.9 Å². The minimum Gasteiger partial charge on any atom is -0.480 e. The van der Waals surface area contributed by atoms with E-state index in [0.29, 0.717) is 0 Å². The van der Waals surface area contributed by atoms with Crippen molar-refractivity contribution < 1.29 is 9.90 Å². The molecule has 0 heterocycles. The molecule has 0 radical (unpaired) electrons. The van der Waals surface area contributed by atoms with Crippen molar-refractivity contribution in [2.24, 2.45) is 5.92 Å². The summed E-state index contributed by atoms with van der Waals surface area (Å²) in [5.74, 6) is -0.585. The molecule has 1 fully saturated rings. The van der Waals surface area contributed by atoms with Crippen LogP contribution in [0.3, 0.4) is 0 Å². The Hall–Kier alpha value is -0.570. The van der Waals surface area contributed by atoms with Gasteiger partial charge in [-0.05, 0) is 25.7 Å². The Balaban J connectivity index is 2.59. The average Bonchev–Trinajstić information content (AvgIpc) is 2.14. The Bertz CT molecular complexity index is 220. The predicted molar refractivity (Wildman–Crippen MR) is 60.9 cm³/mol. The Kier molecular flexibility index (Phi) is 4.14. The molecule has 0 aromatic rings. The zero-order valence-corrected chi connectivity index (χ0v) is 10.0. The molecule has 3 nitrogen and oxygen atoms in total. The number of carboxylic acid groups (broad SMARTS) is 1. The van der Waals surface area contributed by atoms with Crippen LogP contribution in [0.5, 0.6) is 0 Å². The van der Waals surface area contributed by atoms with E-state index in [9.17, 15) is 4.79 Å². The zero-order chi connectivity index (χ0) is 11.5. The third kappa shape index (κ3) is 3.49. The maximum atomic E-state index is 11.1. The lowest BCUT2D eigenvalue weighted by atomic mass is 9.82. The molecular formula is C12H23NO2. The molecule has 0 bridgehead atoms. The summed E-state index contributed by atoms with van der Waals surface area (Å²) in [5, 5.41) is 12.5. The fourth-order valence-electron chi connectivity index (χ4n) is 2.37. The van der Waals surface area contributed by atoms with Crippen LogP contribution >= 0.6 is 0 Å². The van der Waals surface area contributed by atoms with Crippen molar-refractivity contribution in [3.63, 3.8) is 0 Å². The van der Waals surface area contributed by atoms with Crippen LogP contribution in [0.2, 0.25) is 0 Å². The van der Waals surface area contributed by atoms with E-state index in [1.54, 1.807) is 0 Å². The molecule has 2 N–H and O–H groups in total. The molecule has 0 saturated heterocycles. The molecule has 0 amide bonds. The minimum atomic E-state index is -0.725. The molecule has 1 rings (SSSR count). The van der Waals surface area contributed by atoms with Gasteiger partial charge in [0.2, 0.25) is 0 Å². The molecule has 0 aromatic heterocycles. The van der Waals surface area contributed by atoms with Gasteiger partial charge in [-0.1, -0.05) is 33.1 Å². The highest BCUT2D eigenvalue weighted by Crippen LogP contribution is 2.28. The van der Waals surface area contributed by atoms with Crippen molar-refractivity contribution in [3.05, 3.63) is 0 Å². The number of carbonyl (C=O) groups is 1. The van der Waals surface area contributed by atoms with Gasteiger partial charge in [-0.25, -0.2) is 0 Å². The molecule has 0 aromatic carbocycles. The monoisotopic (exact) mass is 213 g/mol. The molecule has 0 aliphatic heterocycles. The molecule has 0 spiro atoms. The number of carboxylic acids is 1. The van der Waals surface area contributed by atoms with Crippen LogP contribution in [0.15, 0.2) is 0 Å². The Morgan fingerprint density at radius 2 is 1.80 bits per heavy atom. The Morgan fingerprint density at radius 1 is 1.27 bits per heavy atom. The molecule has 88 valence electrons. The second kappa shape index (κ2) is 4.97. The van der Waals surface area contributed by atoms with Gasteiger partial charge in [-0.2, -0.15) is 0 Å². The summed E-state index contributed by atoms with van der Waals surface area (Å²) in [6, 6.07) is -0.409. The predicted octanol–water partition coefficient (Wildman–Crippen LogP) is 2.41. The summed E-state index contributed by atoms with van der Waals surface area (Å²) in [6.07, 6.45) is 5.92. The topological polar surface area (TPSA) is 49.3 Å². The molecule has 1 saturated carbocycles. The number of aliphatic carboxylic acids is 1. The van der Waals surface area contributed by atoms with Crippen LogP contribution in [-0.2, 0) is 4.79 Å². The first-order chi connectivity index (χ1) is 6.94. The minimum absolute atomic E-state index is 0.0333. The summed E-state index contributed by atoms with van der Waals surface area (Å²) in [6.45, 7) is 6.07. The molecular weight excluding hydrogens is 190 g/mol. The van der Waals surface area contributed by atoms with Gasteiger partial charge in [0.05, 0.1) is 0 Å². The van der Waals surface area contributed by atoms with Crippen LogP contribution < -0.4 is 5.32 Å². The largest absolute Gasteiger partial charge is 0.480 e. The van der Waals surface area contributed by atoms with Gasteiger partial charge in [0.1, 0.15) is 6.04 Å². The van der Waals surface area contributed by atoms with Crippen molar-refractivity contribution in [1.82, 2.24) is 5.32 Å². The fraction of sp³-hybridized carbons (Fsp3) is 0.917. The average molecular weight is 213 g/mol. The summed E-state index contributed by atoms with van der Waals surface area (Å²) >= 11 is 0. The normalized spacial score (nSPS) is 22.7. The van der Waals surface area contributed by atoms with E-state index < -0.39 is 12.0 Å². The third-order valence-electron chi connectivity index (χ3n) is 3.39. The lowest BCUT2D eigenvalue weighted by Gasteiger charge is -2.38. The van der Waals surface area contributed by atoms with E-state index in [1.807, 2.05) is 13.8 Å². The maximum absolute atomic E-state index is 11.1. The number of rotatable bonds is 4. The van der Waals surface area contributed by atoms with E-state index in [2.05, 4.69) is 12.2 Å². The molecule has 1 unspecified atom stereocenters. The second-order valence-electron chi connectivity index (χ2n) is 5.33. The number of hydrogen-bond donors (Lipinski definition) is 2. The zero-order valence-electron chi connectivity index (χ0n) is 10.0. The molecule has 1 atom stereocenters. The van der Waals surface area contributed by atoms with E-state index in [1.165, 1.54) is 19.3 Å². The highest BCUT2D eigenvalue weighted by Gasteiger charge is 2.33. The van der Waals surface area contributed by atoms with Gasteiger partial charge < -0.3 is 5.11 Å². The van der Waals surface area contributed by atoms with Gasteiger partial charge in [0.25, 0.3) is 0 Å². The SMILES string of the molecule is CC(C)C(NC1(C)CCCCC1)C(=O)O. The summed E-state index contributed by atoms with van der Waals surface area (Å²) in [4.78, 5) is 11.1. The summed E-state index contributed by atoms with van der Waals surface area (Å²) in [7, 11) is 0. The Labute approximate surface area is 92.3 Å². The quantitative estimate of drug-likeness (QED) is 0.754. The van der Waals surface area contributed by atoms with Crippen molar-refractivity contribution in [2.45, 2.75) is 64.5 Å². The van der Waals surface area contributed by atoms with Crippen molar-refractivity contribution in [2.75, 3.05) is 0 Å². The molecule has 15 heavy (non-hydrogen) atoms. The molecule has 1 aliphatic carbocycles. The van der Waals surface area contributed by atoms with Gasteiger partial charge in [0, 0.05) is 5.54 Å². The summed E-state index contributed by atoms with van der Waals surface area (Å²) in [5.41, 5.74) is 0.0333. The van der Waals surface area contributed by atoms with Crippen LogP contribution in [0.25, 0.3) is 0 Å². The van der Waals surface area contributed by atoms with Gasteiger partial charge in [0.15, 0.2) is 0 Å². The van der Waals surface area contributed by atoms with Gasteiger partial charge in [-0.3, -0.25) is 10.1 Å². The number of hydrogen-bond acceptors (Lipinski definition) is 2. The maximum Gasteiger partial charge on any atom is 0.320 e. The lowest BCUT2D eigenvalue weighted by Crippen LogP contribution is -2.54. The van der Waals surface area contributed by atoms with Crippen molar-refractivity contribution >= 4 is 5.97 Å². The van der Waals surface area contributed by atoms with Crippen molar-refractivity contribution in [3.8, 4) is 0 Å². The molecule has 3 heteroatoms. The number of nitrogens with one attached hydrogen (secondary N) is 1.